The standard InChI is InChI=1S/C7H4INS/c8-6-2-1-3-7(10)5(6)4-9/h1-3,10H. The van der Waals surface area contributed by atoms with E-state index >= 15 is 0 Å². The Hall–Kier alpha value is -0.210. The summed E-state index contributed by atoms with van der Waals surface area (Å²) in [5.41, 5.74) is 0.659. The Labute approximate surface area is 78.6 Å². The Kier molecular flexibility index (Phi) is 2.57. The number of rotatable bonds is 0. The maximum absolute atomic E-state index is 8.60. The minimum atomic E-state index is 0.659. The van der Waals surface area contributed by atoms with Crippen LogP contribution in [-0.2, 0) is 0 Å². The van der Waals surface area contributed by atoms with E-state index in [0.29, 0.717) is 5.56 Å². The zero-order valence-corrected chi connectivity index (χ0v) is 8.06. The summed E-state index contributed by atoms with van der Waals surface area (Å²) in [6, 6.07) is 7.66. The third kappa shape index (κ3) is 1.44. The molecule has 0 atom stereocenters. The van der Waals surface area contributed by atoms with Crippen LogP contribution in [0.25, 0.3) is 0 Å². The van der Waals surface area contributed by atoms with Crippen molar-refractivity contribution in [1.29, 1.82) is 5.26 Å². The van der Waals surface area contributed by atoms with Gasteiger partial charge in [0.25, 0.3) is 0 Å². The van der Waals surface area contributed by atoms with Crippen LogP contribution in [0, 0.1) is 14.9 Å². The highest BCUT2D eigenvalue weighted by Gasteiger charge is 1.99. The summed E-state index contributed by atoms with van der Waals surface area (Å²) >= 11 is 6.24. The molecule has 0 amide bonds. The molecule has 0 bridgehead atoms. The number of halogens is 1. The van der Waals surface area contributed by atoms with E-state index in [2.05, 4.69) is 41.3 Å². The zero-order chi connectivity index (χ0) is 7.56. The van der Waals surface area contributed by atoms with E-state index in [0.717, 1.165) is 8.47 Å². The molecule has 0 heterocycles. The molecule has 0 N–H and O–H groups in total. The third-order valence-corrected chi connectivity index (χ3v) is 2.38. The Morgan fingerprint density at radius 2 is 2.20 bits per heavy atom. The molecule has 1 aromatic rings. The van der Waals surface area contributed by atoms with Crippen molar-refractivity contribution in [2.75, 3.05) is 0 Å². The molecule has 0 saturated heterocycles. The predicted molar refractivity (Wildman–Crippen MR) is 51.1 cm³/mol. The van der Waals surface area contributed by atoms with Crippen LogP contribution in [0.1, 0.15) is 5.56 Å². The fourth-order valence-corrected chi connectivity index (χ4v) is 1.71. The Morgan fingerprint density at radius 3 is 2.60 bits per heavy atom. The van der Waals surface area contributed by atoms with Crippen LogP contribution in [0.5, 0.6) is 0 Å². The molecule has 0 aliphatic rings. The van der Waals surface area contributed by atoms with Crippen molar-refractivity contribution >= 4 is 35.2 Å². The Balaban J connectivity index is 3.34. The lowest BCUT2D eigenvalue weighted by Crippen LogP contribution is -1.81. The van der Waals surface area contributed by atoms with Gasteiger partial charge in [0.05, 0.1) is 5.56 Å². The lowest BCUT2D eigenvalue weighted by Gasteiger charge is -1.95. The van der Waals surface area contributed by atoms with Gasteiger partial charge in [0.2, 0.25) is 0 Å². The Bertz CT molecular complexity index is 270. The van der Waals surface area contributed by atoms with Gasteiger partial charge in [0, 0.05) is 8.47 Å². The van der Waals surface area contributed by atoms with Crippen LogP contribution in [-0.4, -0.2) is 0 Å². The number of hydrogen-bond donors (Lipinski definition) is 1. The molecule has 0 spiro atoms. The normalized spacial score (nSPS) is 8.90. The van der Waals surface area contributed by atoms with Crippen molar-refractivity contribution in [2.45, 2.75) is 4.90 Å². The summed E-state index contributed by atoms with van der Waals surface area (Å²) < 4.78 is 0.951. The second-order valence-corrected chi connectivity index (χ2v) is 3.39. The summed E-state index contributed by atoms with van der Waals surface area (Å²) in [5.74, 6) is 0. The van der Waals surface area contributed by atoms with E-state index in [-0.39, 0.29) is 0 Å². The Morgan fingerprint density at radius 1 is 1.50 bits per heavy atom. The highest BCUT2D eigenvalue weighted by molar-refractivity contribution is 14.1. The van der Waals surface area contributed by atoms with Gasteiger partial charge in [-0.25, -0.2) is 0 Å². The minimum absolute atomic E-state index is 0.659. The van der Waals surface area contributed by atoms with Crippen LogP contribution < -0.4 is 0 Å². The van der Waals surface area contributed by atoms with E-state index in [9.17, 15) is 0 Å². The van der Waals surface area contributed by atoms with Gasteiger partial charge in [-0.1, -0.05) is 6.07 Å². The highest BCUT2D eigenvalue weighted by atomic mass is 127. The fraction of sp³-hybridized carbons (Fsp3) is 0. The number of nitrogens with zero attached hydrogens (tertiary/aromatic N) is 1. The molecule has 0 aliphatic heterocycles. The quantitative estimate of drug-likeness (QED) is 0.563. The molecule has 3 heteroatoms. The van der Waals surface area contributed by atoms with Crippen LogP contribution >= 0.6 is 35.2 Å². The summed E-state index contributed by atoms with van der Waals surface area (Å²) in [5, 5.41) is 8.60. The van der Waals surface area contributed by atoms with Gasteiger partial charge < -0.3 is 0 Å². The van der Waals surface area contributed by atoms with E-state index in [1.54, 1.807) is 0 Å². The molecule has 50 valence electrons. The van der Waals surface area contributed by atoms with Gasteiger partial charge in [-0.15, -0.1) is 12.6 Å². The maximum atomic E-state index is 8.60. The van der Waals surface area contributed by atoms with E-state index in [4.69, 9.17) is 5.26 Å². The zero-order valence-electron chi connectivity index (χ0n) is 5.00. The van der Waals surface area contributed by atoms with Crippen molar-refractivity contribution in [3.8, 4) is 6.07 Å². The molecule has 0 saturated carbocycles. The molecule has 0 aliphatic carbocycles. The first-order valence-electron chi connectivity index (χ1n) is 2.63. The molecule has 0 unspecified atom stereocenters. The molecule has 0 radical (unpaired) electrons. The average Bonchev–Trinajstić information content (AvgIpc) is 1.88. The van der Waals surface area contributed by atoms with E-state index in [1.165, 1.54) is 0 Å². The number of thiol groups is 1. The first-order chi connectivity index (χ1) is 4.75. The molecule has 1 rings (SSSR count). The summed E-state index contributed by atoms with van der Waals surface area (Å²) in [6.45, 7) is 0. The van der Waals surface area contributed by atoms with Gasteiger partial charge >= 0.3 is 0 Å². The smallest absolute Gasteiger partial charge is 0.101 e. The number of hydrogen-bond acceptors (Lipinski definition) is 2. The second-order valence-electron chi connectivity index (χ2n) is 1.75. The summed E-state index contributed by atoms with van der Waals surface area (Å²) in [7, 11) is 0. The summed E-state index contributed by atoms with van der Waals surface area (Å²) in [6.07, 6.45) is 0. The van der Waals surface area contributed by atoms with Gasteiger partial charge in [0.15, 0.2) is 0 Å². The van der Waals surface area contributed by atoms with Crippen molar-refractivity contribution in [1.82, 2.24) is 0 Å². The average molecular weight is 261 g/mol. The summed E-state index contributed by atoms with van der Waals surface area (Å²) in [4.78, 5) is 0.745. The molecule has 0 fully saturated rings. The van der Waals surface area contributed by atoms with Crippen molar-refractivity contribution < 1.29 is 0 Å². The van der Waals surface area contributed by atoms with Gasteiger partial charge in [-0.05, 0) is 34.7 Å². The topological polar surface area (TPSA) is 23.8 Å². The maximum Gasteiger partial charge on any atom is 0.101 e. The van der Waals surface area contributed by atoms with E-state index < -0.39 is 0 Å². The minimum Gasteiger partial charge on any atom is -0.192 e. The van der Waals surface area contributed by atoms with Crippen molar-refractivity contribution in [3.63, 3.8) is 0 Å². The van der Waals surface area contributed by atoms with Crippen LogP contribution in [0.2, 0.25) is 0 Å². The lowest BCUT2D eigenvalue weighted by molar-refractivity contribution is 1.35. The monoisotopic (exact) mass is 261 g/mol. The van der Waals surface area contributed by atoms with Crippen molar-refractivity contribution in [2.24, 2.45) is 0 Å². The molecule has 1 aromatic carbocycles. The molecular weight excluding hydrogens is 257 g/mol. The van der Waals surface area contributed by atoms with Crippen LogP contribution in [0.3, 0.4) is 0 Å². The first-order valence-corrected chi connectivity index (χ1v) is 4.16. The SMILES string of the molecule is N#Cc1c(S)cccc1I. The lowest BCUT2D eigenvalue weighted by atomic mass is 10.2. The van der Waals surface area contributed by atoms with Crippen LogP contribution in [0.4, 0.5) is 0 Å². The molecule has 1 nitrogen and oxygen atoms in total. The van der Waals surface area contributed by atoms with E-state index in [1.807, 2.05) is 18.2 Å². The third-order valence-electron chi connectivity index (χ3n) is 1.10. The number of benzene rings is 1. The second kappa shape index (κ2) is 3.26. The fourth-order valence-electron chi connectivity index (χ4n) is 0.623. The highest BCUT2D eigenvalue weighted by Crippen LogP contribution is 2.18. The molecular formula is C7H4INS. The molecule has 0 aromatic heterocycles. The van der Waals surface area contributed by atoms with Gasteiger partial charge in [-0.2, -0.15) is 5.26 Å². The first kappa shape index (κ1) is 7.89. The number of nitriles is 1. The van der Waals surface area contributed by atoms with Crippen LogP contribution in [0.15, 0.2) is 23.1 Å². The predicted octanol–water partition coefficient (Wildman–Crippen LogP) is 2.45. The van der Waals surface area contributed by atoms with Gasteiger partial charge in [-0.3, -0.25) is 0 Å². The molecule has 10 heavy (non-hydrogen) atoms. The van der Waals surface area contributed by atoms with Crippen molar-refractivity contribution in [3.05, 3.63) is 27.3 Å². The largest absolute Gasteiger partial charge is 0.192 e. The van der Waals surface area contributed by atoms with Gasteiger partial charge in [0.1, 0.15) is 6.07 Å².